The second kappa shape index (κ2) is 5.62. The Morgan fingerprint density at radius 1 is 1.11 bits per heavy atom. The zero-order chi connectivity index (χ0) is 13.9. The normalized spacial score (nSPS) is 13.5. The van der Waals surface area contributed by atoms with Gasteiger partial charge in [-0.2, -0.15) is 0 Å². The Morgan fingerprint density at radius 3 is 2.32 bits per heavy atom. The highest BCUT2D eigenvalue weighted by molar-refractivity contribution is 5.28. The van der Waals surface area contributed by atoms with E-state index in [1.165, 1.54) is 5.56 Å². The van der Waals surface area contributed by atoms with E-state index >= 15 is 0 Å². The lowest BCUT2D eigenvalue weighted by atomic mass is 9.86. The van der Waals surface area contributed by atoms with Gasteiger partial charge in [-0.25, -0.2) is 0 Å². The molecule has 1 aromatic heterocycles. The van der Waals surface area contributed by atoms with Gasteiger partial charge in [-0.05, 0) is 35.1 Å². The molecule has 0 amide bonds. The number of benzene rings is 1. The fourth-order valence-electron chi connectivity index (χ4n) is 2.11. The molecule has 1 N–H and O–H groups in total. The van der Waals surface area contributed by atoms with E-state index in [2.05, 4.69) is 32.9 Å². The predicted molar refractivity (Wildman–Crippen MR) is 77.1 cm³/mol. The molecule has 2 nitrogen and oxygen atoms in total. The summed E-state index contributed by atoms with van der Waals surface area (Å²) in [6.45, 7) is 6.57. The highest BCUT2D eigenvalue weighted by Crippen LogP contribution is 2.25. The van der Waals surface area contributed by atoms with E-state index in [0.29, 0.717) is 6.42 Å². The van der Waals surface area contributed by atoms with Crippen LogP contribution in [0.1, 0.15) is 50.2 Å². The third-order valence-electron chi connectivity index (χ3n) is 3.41. The summed E-state index contributed by atoms with van der Waals surface area (Å²) in [5, 5.41) is 10.2. The van der Waals surface area contributed by atoms with Crippen LogP contribution < -0.4 is 0 Å². The minimum atomic E-state index is -0.431. The number of rotatable bonds is 4. The fourth-order valence-corrected chi connectivity index (χ4v) is 2.11. The molecule has 1 atom stereocenters. The monoisotopic (exact) mass is 258 g/mol. The van der Waals surface area contributed by atoms with Gasteiger partial charge in [-0.15, -0.1) is 0 Å². The second-order valence-electron chi connectivity index (χ2n) is 6.01. The SMILES string of the molecule is CC(C)(C)c1ccc(C(O)CCc2ccco2)cc1. The molecule has 19 heavy (non-hydrogen) atoms. The van der Waals surface area contributed by atoms with Crippen LogP contribution in [0.15, 0.2) is 47.1 Å². The van der Waals surface area contributed by atoms with Crippen molar-refractivity contribution in [2.45, 2.75) is 45.1 Å². The molecule has 102 valence electrons. The zero-order valence-corrected chi connectivity index (χ0v) is 11.9. The smallest absolute Gasteiger partial charge is 0.103 e. The Labute approximate surface area is 115 Å². The third kappa shape index (κ3) is 3.71. The Morgan fingerprint density at radius 2 is 1.79 bits per heavy atom. The van der Waals surface area contributed by atoms with Crippen LogP contribution in [0.5, 0.6) is 0 Å². The van der Waals surface area contributed by atoms with Crippen molar-refractivity contribution in [2.75, 3.05) is 0 Å². The van der Waals surface area contributed by atoms with Crippen LogP contribution >= 0.6 is 0 Å². The summed E-state index contributed by atoms with van der Waals surface area (Å²) >= 11 is 0. The molecule has 0 saturated heterocycles. The summed E-state index contributed by atoms with van der Waals surface area (Å²) in [7, 11) is 0. The van der Waals surface area contributed by atoms with Gasteiger partial charge in [-0.1, -0.05) is 45.0 Å². The largest absolute Gasteiger partial charge is 0.469 e. The molecule has 0 bridgehead atoms. The summed E-state index contributed by atoms with van der Waals surface area (Å²) in [4.78, 5) is 0. The molecule has 0 aliphatic heterocycles. The summed E-state index contributed by atoms with van der Waals surface area (Å²) in [6, 6.07) is 12.1. The fraction of sp³-hybridized carbons (Fsp3) is 0.412. The molecule has 0 aliphatic carbocycles. The first-order valence-corrected chi connectivity index (χ1v) is 6.78. The van der Waals surface area contributed by atoms with Gasteiger partial charge >= 0.3 is 0 Å². The van der Waals surface area contributed by atoms with Gasteiger partial charge in [0.2, 0.25) is 0 Å². The topological polar surface area (TPSA) is 33.4 Å². The van der Waals surface area contributed by atoms with Crippen LogP contribution in [0.4, 0.5) is 0 Å². The number of aryl methyl sites for hydroxylation is 1. The summed E-state index contributed by atoms with van der Waals surface area (Å²) in [5.41, 5.74) is 2.41. The van der Waals surface area contributed by atoms with E-state index in [1.807, 2.05) is 24.3 Å². The van der Waals surface area contributed by atoms with E-state index in [1.54, 1.807) is 6.26 Å². The van der Waals surface area contributed by atoms with Gasteiger partial charge in [0, 0.05) is 6.42 Å². The number of furan rings is 1. The van der Waals surface area contributed by atoms with Crippen LogP contribution in [0.25, 0.3) is 0 Å². The van der Waals surface area contributed by atoms with Crippen molar-refractivity contribution in [2.24, 2.45) is 0 Å². The molecule has 2 heteroatoms. The molecule has 0 saturated carbocycles. The first-order chi connectivity index (χ1) is 8.97. The van der Waals surface area contributed by atoms with E-state index in [4.69, 9.17) is 4.42 Å². The van der Waals surface area contributed by atoms with Gasteiger partial charge in [-0.3, -0.25) is 0 Å². The average Bonchev–Trinajstić information content (AvgIpc) is 2.88. The van der Waals surface area contributed by atoms with Crippen molar-refractivity contribution in [3.63, 3.8) is 0 Å². The van der Waals surface area contributed by atoms with Crippen LogP contribution in [0, 0.1) is 0 Å². The first-order valence-electron chi connectivity index (χ1n) is 6.78. The molecule has 0 radical (unpaired) electrons. The van der Waals surface area contributed by atoms with Crippen LogP contribution in [-0.2, 0) is 11.8 Å². The highest BCUT2D eigenvalue weighted by atomic mass is 16.3. The van der Waals surface area contributed by atoms with Gasteiger partial charge in [0.05, 0.1) is 12.4 Å². The van der Waals surface area contributed by atoms with Crippen LogP contribution in [-0.4, -0.2) is 5.11 Å². The minimum Gasteiger partial charge on any atom is -0.469 e. The Bertz CT molecular complexity index is 489. The standard InChI is InChI=1S/C17H22O2/c1-17(2,3)14-8-6-13(7-9-14)16(18)11-10-15-5-4-12-19-15/h4-9,12,16,18H,10-11H2,1-3H3. The number of hydrogen-bond acceptors (Lipinski definition) is 2. The van der Waals surface area contributed by atoms with E-state index in [-0.39, 0.29) is 5.41 Å². The molecular formula is C17H22O2. The van der Waals surface area contributed by atoms with Gasteiger partial charge < -0.3 is 9.52 Å². The van der Waals surface area contributed by atoms with Gasteiger partial charge in [0.1, 0.15) is 5.76 Å². The molecule has 0 spiro atoms. The van der Waals surface area contributed by atoms with Crippen LogP contribution in [0.2, 0.25) is 0 Å². The molecule has 0 aliphatic rings. The first kappa shape index (κ1) is 13.9. The number of aliphatic hydroxyl groups excluding tert-OH is 1. The summed E-state index contributed by atoms with van der Waals surface area (Å²) < 4.78 is 5.27. The number of hydrogen-bond donors (Lipinski definition) is 1. The predicted octanol–water partition coefficient (Wildman–Crippen LogP) is 4.24. The summed E-state index contributed by atoms with van der Waals surface area (Å²) in [5.74, 6) is 0.922. The number of aliphatic hydroxyl groups is 1. The molecule has 1 aromatic carbocycles. The maximum Gasteiger partial charge on any atom is 0.103 e. The van der Waals surface area contributed by atoms with E-state index < -0.39 is 6.10 Å². The Hall–Kier alpha value is -1.54. The lowest BCUT2D eigenvalue weighted by Gasteiger charge is -2.20. The molecule has 1 heterocycles. The second-order valence-corrected chi connectivity index (χ2v) is 6.01. The lowest BCUT2D eigenvalue weighted by Crippen LogP contribution is -2.11. The van der Waals surface area contributed by atoms with E-state index in [0.717, 1.165) is 17.7 Å². The third-order valence-corrected chi connectivity index (χ3v) is 3.41. The zero-order valence-electron chi connectivity index (χ0n) is 11.9. The van der Waals surface area contributed by atoms with Crippen molar-refractivity contribution >= 4 is 0 Å². The van der Waals surface area contributed by atoms with Crippen molar-refractivity contribution < 1.29 is 9.52 Å². The van der Waals surface area contributed by atoms with E-state index in [9.17, 15) is 5.11 Å². The summed E-state index contributed by atoms with van der Waals surface area (Å²) in [6.07, 6.45) is 2.68. The minimum absolute atomic E-state index is 0.150. The molecule has 0 fully saturated rings. The molecule has 2 aromatic rings. The van der Waals surface area contributed by atoms with Gasteiger partial charge in [0.15, 0.2) is 0 Å². The molecular weight excluding hydrogens is 236 g/mol. The molecule has 2 rings (SSSR count). The van der Waals surface area contributed by atoms with Crippen molar-refractivity contribution in [1.82, 2.24) is 0 Å². The quantitative estimate of drug-likeness (QED) is 0.889. The maximum atomic E-state index is 10.2. The highest BCUT2D eigenvalue weighted by Gasteiger charge is 2.14. The average molecular weight is 258 g/mol. The van der Waals surface area contributed by atoms with Crippen LogP contribution in [0.3, 0.4) is 0 Å². The molecule has 1 unspecified atom stereocenters. The Balaban J connectivity index is 1.97. The lowest BCUT2D eigenvalue weighted by molar-refractivity contribution is 0.165. The maximum absolute atomic E-state index is 10.2. The Kier molecular flexibility index (Phi) is 4.11. The van der Waals surface area contributed by atoms with Crippen molar-refractivity contribution in [3.05, 3.63) is 59.5 Å². The van der Waals surface area contributed by atoms with Crippen molar-refractivity contribution in [3.8, 4) is 0 Å². The van der Waals surface area contributed by atoms with Crippen molar-refractivity contribution in [1.29, 1.82) is 0 Å². The van der Waals surface area contributed by atoms with Gasteiger partial charge in [0.25, 0.3) is 0 Å².